The van der Waals surface area contributed by atoms with Crippen LogP contribution in [0, 0.1) is 16.0 Å². The lowest BCUT2D eigenvalue weighted by atomic mass is 9.79. The molecule has 120 valence electrons. The number of nitro benzene ring substituents is 1. The lowest BCUT2D eigenvalue weighted by Crippen LogP contribution is -2.58. The Kier molecular flexibility index (Phi) is 4.16. The molecule has 1 N–H and O–H groups in total. The fourth-order valence-corrected chi connectivity index (χ4v) is 3.54. The van der Waals surface area contributed by atoms with Crippen LogP contribution in [0.2, 0.25) is 0 Å². The number of piperidine rings is 1. The highest BCUT2D eigenvalue weighted by molar-refractivity contribution is 5.35. The SMILES string of the molecule is CC1[C@@H](c2ccc([N+](=O)[O-])cc2)N[C@@H](C)CC12OCCCO2. The Bertz CT molecular complexity index is 540. The van der Waals surface area contributed by atoms with E-state index in [1.165, 1.54) is 0 Å². The largest absolute Gasteiger partial charge is 0.349 e. The van der Waals surface area contributed by atoms with E-state index in [9.17, 15) is 10.1 Å². The molecule has 1 spiro atoms. The molecule has 22 heavy (non-hydrogen) atoms. The van der Waals surface area contributed by atoms with Crippen molar-refractivity contribution in [1.29, 1.82) is 0 Å². The molecule has 1 aromatic carbocycles. The second-order valence-electron chi connectivity index (χ2n) is 6.25. The summed E-state index contributed by atoms with van der Waals surface area (Å²) in [6.45, 7) is 5.69. The summed E-state index contributed by atoms with van der Waals surface area (Å²) in [6.07, 6.45) is 1.75. The molecule has 6 heteroatoms. The van der Waals surface area contributed by atoms with Crippen LogP contribution in [-0.4, -0.2) is 30.0 Å². The molecule has 2 heterocycles. The van der Waals surface area contributed by atoms with Crippen molar-refractivity contribution in [3.05, 3.63) is 39.9 Å². The Hall–Kier alpha value is -1.50. The van der Waals surface area contributed by atoms with Gasteiger partial charge in [0.25, 0.3) is 5.69 Å². The third kappa shape index (κ3) is 2.74. The molecule has 0 bridgehead atoms. The number of nitrogens with zero attached hydrogens (tertiary/aromatic N) is 1. The summed E-state index contributed by atoms with van der Waals surface area (Å²) < 4.78 is 12.1. The van der Waals surface area contributed by atoms with E-state index in [-0.39, 0.29) is 28.6 Å². The van der Waals surface area contributed by atoms with Crippen LogP contribution in [0.15, 0.2) is 24.3 Å². The molecule has 0 aromatic heterocycles. The minimum Gasteiger partial charge on any atom is -0.349 e. The van der Waals surface area contributed by atoms with E-state index in [1.54, 1.807) is 12.1 Å². The first-order valence-electron chi connectivity index (χ1n) is 7.80. The number of nitro groups is 1. The van der Waals surface area contributed by atoms with Crippen LogP contribution in [-0.2, 0) is 9.47 Å². The van der Waals surface area contributed by atoms with Crippen molar-refractivity contribution in [1.82, 2.24) is 5.32 Å². The van der Waals surface area contributed by atoms with E-state index >= 15 is 0 Å². The molecule has 2 aliphatic rings. The van der Waals surface area contributed by atoms with Gasteiger partial charge >= 0.3 is 0 Å². The number of benzene rings is 1. The summed E-state index contributed by atoms with van der Waals surface area (Å²) >= 11 is 0. The van der Waals surface area contributed by atoms with Gasteiger partial charge in [0.15, 0.2) is 5.79 Å². The van der Waals surface area contributed by atoms with Crippen molar-refractivity contribution in [2.75, 3.05) is 13.2 Å². The molecule has 1 unspecified atom stereocenters. The molecule has 0 radical (unpaired) electrons. The summed E-state index contributed by atoms with van der Waals surface area (Å²) in [5, 5.41) is 14.4. The molecule has 1 aromatic rings. The first kappa shape index (κ1) is 15.4. The van der Waals surface area contributed by atoms with Gasteiger partial charge < -0.3 is 14.8 Å². The van der Waals surface area contributed by atoms with Gasteiger partial charge in [-0.05, 0) is 18.9 Å². The Morgan fingerprint density at radius 1 is 1.23 bits per heavy atom. The molecule has 0 amide bonds. The summed E-state index contributed by atoms with van der Waals surface area (Å²) in [4.78, 5) is 10.4. The van der Waals surface area contributed by atoms with Gasteiger partial charge in [0.05, 0.1) is 18.1 Å². The quantitative estimate of drug-likeness (QED) is 0.672. The minimum absolute atomic E-state index is 0.0580. The van der Waals surface area contributed by atoms with Gasteiger partial charge in [0.1, 0.15) is 0 Å². The van der Waals surface area contributed by atoms with Gasteiger partial charge in [-0.2, -0.15) is 0 Å². The summed E-state index contributed by atoms with van der Waals surface area (Å²) in [5.74, 6) is -0.416. The maximum atomic E-state index is 10.8. The Labute approximate surface area is 129 Å². The molecule has 0 saturated carbocycles. The zero-order valence-electron chi connectivity index (χ0n) is 13.0. The number of rotatable bonds is 2. The average molecular weight is 306 g/mol. The second-order valence-corrected chi connectivity index (χ2v) is 6.25. The fraction of sp³-hybridized carbons (Fsp3) is 0.625. The lowest BCUT2D eigenvalue weighted by molar-refractivity contribution is -0.384. The summed E-state index contributed by atoms with van der Waals surface area (Å²) in [5.41, 5.74) is 1.14. The van der Waals surface area contributed by atoms with Crippen LogP contribution in [0.3, 0.4) is 0 Å². The topological polar surface area (TPSA) is 73.6 Å². The first-order chi connectivity index (χ1) is 10.5. The van der Waals surface area contributed by atoms with E-state index in [2.05, 4.69) is 19.2 Å². The summed E-state index contributed by atoms with van der Waals surface area (Å²) in [6, 6.07) is 7.07. The van der Waals surface area contributed by atoms with Crippen molar-refractivity contribution in [3.8, 4) is 0 Å². The predicted octanol–water partition coefficient (Wildman–Crippen LogP) is 2.79. The zero-order chi connectivity index (χ0) is 15.7. The van der Waals surface area contributed by atoms with E-state index in [0.29, 0.717) is 0 Å². The number of ether oxygens (including phenoxy) is 2. The maximum absolute atomic E-state index is 10.8. The normalized spacial score (nSPS) is 31.1. The standard InChI is InChI=1S/C16H22N2O4/c1-11-10-16(21-8-3-9-22-16)12(2)15(17-11)13-4-6-14(7-5-13)18(19)20/h4-7,11-12,15,17H,3,8-10H2,1-2H3/t11-,12?,15-/m0/s1. The van der Waals surface area contributed by atoms with E-state index in [1.807, 2.05) is 12.1 Å². The van der Waals surface area contributed by atoms with Crippen LogP contribution in [0.4, 0.5) is 5.69 Å². The Morgan fingerprint density at radius 3 is 2.45 bits per heavy atom. The van der Waals surface area contributed by atoms with Gasteiger partial charge in [-0.1, -0.05) is 19.1 Å². The molecule has 6 nitrogen and oxygen atoms in total. The molecule has 3 rings (SSSR count). The highest BCUT2D eigenvalue weighted by Gasteiger charge is 2.49. The summed E-state index contributed by atoms with van der Waals surface area (Å²) in [7, 11) is 0. The predicted molar refractivity (Wildman–Crippen MR) is 81.5 cm³/mol. The van der Waals surface area contributed by atoms with E-state index < -0.39 is 5.79 Å². The van der Waals surface area contributed by atoms with Crippen molar-refractivity contribution in [2.24, 2.45) is 5.92 Å². The Morgan fingerprint density at radius 2 is 1.86 bits per heavy atom. The van der Waals surface area contributed by atoms with Crippen LogP contribution in [0.1, 0.15) is 38.3 Å². The highest BCUT2D eigenvalue weighted by Crippen LogP contribution is 2.43. The number of hydrogen-bond acceptors (Lipinski definition) is 5. The minimum atomic E-state index is -0.546. The van der Waals surface area contributed by atoms with Gasteiger partial charge in [-0.15, -0.1) is 0 Å². The number of hydrogen-bond donors (Lipinski definition) is 1. The molecule has 2 fully saturated rings. The molecular formula is C16H22N2O4. The fourth-order valence-electron chi connectivity index (χ4n) is 3.54. The lowest BCUT2D eigenvalue weighted by Gasteiger charge is -2.50. The van der Waals surface area contributed by atoms with Crippen LogP contribution >= 0.6 is 0 Å². The second kappa shape index (κ2) is 5.95. The average Bonchev–Trinajstić information content (AvgIpc) is 2.52. The highest BCUT2D eigenvalue weighted by atomic mass is 16.7. The van der Waals surface area contributed by atoms with Crippen LogP contribution in [0.25, 0.3) is 0 Å². The first-order valence-corrected chi connectivity index (χ1v) is 7.80. The maximum Gasteiger partial charge on any atom is 0.269 e. The van der Waals surface area contributed by atoms with Gasteiger partial charge in [0, 0.05) is 36.6 Å². The molecule has 2 saturated heterocycles. The van der Waals surface area contributed by atoms with Crippen LogP contribution < -0.4 is 5.32 Å². The van der Waals surface area contributed by atoms with Crippen molar-refractivity contribution < 1.29 is 14.4 Å². The van der Waals surface area contributed by atoms with Crippen molar-refractivity contribution in [3.63, 3.8) is 0 Å². The molecule has 3 atom stereocenters. The molecular weight excluding hydrogens is 284 g/mol. The third-order valence-corrected chi connectivity index (χ3v) is 4.69. The molecule has 0 aliphatic carbocycles. The van der Waals surface area contributed by atoms with Crippen molar-refractivity contribution >= 4 is 5.69 Å². The zero-order valence-corrected chi connectivity index (χ0v) is 13.0. The monoisotopic (exact) mass is 306 g/mol. The van der Waals surface area contributed by atoms with Gasteiger partial charge in [0.2, 0.25) is 0 Å². The van der Waals surface area contributed by atoms with Gasteiger partial charge in [-0.3, -0.25) is 10.1 Å². The smallest absolute Gasteiger partial charge is 0.269 e. The number of non-ortho nitro benzene ring substituents is 1. The van der Waals surface area contributed by atoms with E-state index in [0.717, 1.165) is 31.6 Å². The van der Waals surface area contributed by atoms with Crippen molar-refractivity contribution in [2.45, 2.75) is 44.6 Å². The van der Waals surface area contributed by atoms with E-state index in [4.69, 9.17) is 9.47 Å². The number of nitrogens with one attached hydrogen (secondary N) is 1. The molecule has 2 aliphatic heterocycles. The Balaban J connectivity index is 1.86. The van der Waals surface area contributed by atoms with Crippen LogP contribution in [0.5, 0.6) is 0 Å². The third-order valence-electron chi connectivity index (χ3n) is 4.69. The van der Waals surface area contributed by atoms with Gasteiger partial charge in [-0.25, -0.2) is 0 Å².